The Morgan fingerprint density at radius 2 is 1.85 bits per heavy atom. The molecule has 0 heterocycles. The van der Waals surface area contributed by atoms with E-state index < -0.39 is 5.60 Å². The first kappa shape index (κ1) is 10.4. The van der Waals surface area contributed by atoms with Crippen molar-refractivity contribution in [2.24, 2.45) is 0 Å². The number of hydrogen-bond donors (Lipinski definition) is 3. The number of rotatable bonds is 3. The van der Waals surface area contributed by atoms with Gasteiger partial charge in [0.25, 0.3) is 0 Å². The summed E-state index contributed by atoms with van der Waals surface area (Å²) < 4.78 is 0. The Bertz CT molecular complexity index is 263. The van der Waals surface area contributed by atoms with Gasteiger partial charge in [-0.25, -0.2) is 0 Å². The molecule has 72 valence electrons. The van der Waals surface area contributed by atoms with Crippen molar-refractivity contribution >= 4 is 18.3 Å². The van der Waals surface area contributed by atoms with Crippen LogP contribution in [0, 0.1) is 0 Å². The van der Waals surface area contributed by atoms with E-state index in [-0.39, 0.29) is 0 Å². The Kier molecular flexibility index (Phi) is 3.22. The van der Waals surface area contributed by atoms with E-state index in [9.17, 15) is 5.11 Å². The van der Waals surface area contributed by atoms with Gasteiger partial charge in [-0.05, 0) is 38.1 Å². The Labute approximate surface area is 84.4 Å². The second-order valence-corrected chi connectivity index (χ2v) is 4.23. The van der Waals surface area contributed by atoms with E-state index in [4.69, 9.17) is 0 Å². The van der Waals surface area contributed by atoms with Crippen molar-refractivity contribution in [2.45, 2.75) is 24.3 Å². The summed E-state index contributed by atoms with van der Waals surface area (Å²) in [6, 6.07) is 7.70. The fraction of sp³-hybridized carbons (Fsp3) is 0.400. The summed E-state index contributed by atoms with van der Waals surface area (Å²) in [6.45, 7) is 4.08. The van der Waals surface area contributed by atoms with Crippen molar-refractivity contribution in [3.63, 3.8) is 0 Å². The van der Waals surface area contributed by atoms with Crippen molar-refractivity contribution in [3.05, 3.63) is 24.3 Å². The minimum atomic E-state index is -0.681. The van der Waals surface area contributed by atoms with Crippen LogP contribution in [0.4, 0.5) is 5.69 Å². The molecule has 1 rings (SSSR count). The lowest BCUT2D eigenvalue weighted by molar-refractivity contribution is 0.0945. The quantitative estimate of drug-likeness (QED) is 0.649. The molecular weight excluding hydrogens is 182 g/mol. The first-order valence-corrected chi connectivity index (χ1v) is 4.67. The lowest BCUT2D eigenvalue weighted by Crippen LogP contribution is -2.29. The first-order chi connectivity index (χ1) is 5.97. The summed E-state index contributed by atoms with van der Waals surface area (Å²) in [5, 5.41) is 12.6. The molecule has 3 heteroatoms. The molecule has 1 aromatic carbocycles. The van der Waals surface area contributed by atoms with Gasteiger partial charge in [-0.15, -0.1) is 12.6 Å². The van der Waals surface area contributed by atoms with Crippen LogP contribution in [0.15, 0.2) is 29.2 Å². The van der Waals surface area contributed by atoms with E-state index in [1.165, 1.54) is 0 Å². The van der Waals surface area contributed by atoms with Crippen LogP contribution in [-0.2, 0) is 0 Å². The molecule has 13 heavy (non-hydrogen) atoms. The van der Waals surface area contributed by atoms with Crippen LogP contribution in [0.3, 0.4) is 0 Å². The van der Waals surface area contributed by atoms with E-state index in [2.05, 4.69) is 17.9 Å². The van der Waals surface area contributed by atoms with Crippen LogP contribution >= 0.6 is 12.6 Å². The summed E-state index contributed by atoms with van der Waals surface area (Å²) in [5.74, 6) is 0. The van der Waals surface area contributed by atoms with Crippen molar-refractivity contribution in [1.82, 2.24) is 0 Å². The van der Waals surface area contributed by atoms with Crippen LogP contribution in [0.25, 0.3) is 0 Å². The van der Waals surface area contributed by atoms with Gasteiger partial charge in [0.1, 0.15) is 0 Å². The fourth-order valence-electron chi connectivity index (χ4n) is 0.898. The summed E-state index contributed by atoms with van der Waals surface area (Å²) in [4.78, 5) is 0.939. The zero-order chi connectivity index (χ0) is 9.90. The molecule has 0 unspecified atom stereocenters. The number of benzene rings is 1. The van der Waals surface area contributed by atoms with E-state index >= 15 is 0 Å². The van der Waals surface area contributed by atoms with Crippen LogP contribution in [-0.4, -0.2) is 17.3 Å². The number of thiol groups is 1. The van der Waals surface area contributed by atoms with Gasteiger partial charge in [-0.1, -0.05) is 0 Å². The minimum Gasteiger partial charge on any atom is -0.389 e. The molecule has 0 bridgehead atoms. The molecule has 0 fully saturated rings. The third-order valence-corrected chi connectivity index (χ3v) is 1.89. The zero-order valence-electron chi connectivity index (χ0n) is 7.91. The van der Waals surface area contributed by atoms with Crippen LogP contribution in [0.5, 0.6) is 0 Å². The van der Waals surface area contributed by atoms with E-state index in [1.54, 1.807) is 13.8 Å². The molecule has 0 saturated carbocycles. The summed E-state index contributed by atoms with van der Waals surface area (Å²) in [7, 11) is 0. The normalized spacial score (nSPS) is 11.4. The standard InChI is InChI=1S/C10H15NOS/c1-10(2,12)7-11-8-3-5-9(13)6-4-8/h3-6,11-13H,7H2,1-2H3. The average Bonchev–Trinajstić information content (AvgIpc) is 2.02. The maximum absolute atomic E-state index is 9.46. The van der Waals surface area contributed by atoms with E-state index in [0.29, 0.717) is 6.54 Å². The highest BCUT2D eigenvalue weighted by Gasteiger charge is 2.10. The number of hydrogen-bond acceptors (Lipinski definition) is 3. The van der Waals surface area contributed by atoms with Crippen LogP contribution < -0.4 is 5.32 Å². The first-order valence-electron chi connectivity index (χ1n) is 4.23. The maximum atomic E-state index is 9.46. The Balaban J connectivity index is 2.51. The number of anilines is 1. The SMILES string of the molecule is CC(C)(O)CNc1ccc(S)cc1. The Hall–Kier alpha value is -0.670. The summed E-state index contributed by atoms with van der Waals surface area (Å²) in [5.41, 5.74) is 0.319. The highest BCUT2D eigenvalue weighted by molar-refractivity contribution is 7.80. The van der Waals surface area contributed by atoms with Crippen LogP contribution in [0.1, 0.15) is 13.8 Å². The summed E-state index contributed by atoms with van der Waals surface area (Å²) in [6.07, 6.45) is 0. The van der Waals surface area contributed by atoms with Gasteiger partial charge in [0.15, 0.2) is 0 Å². The largest absolute Gasteiger partial charge is 0.389 e. The fourth-order valence-corrected chi connectivity index (χ4v) is 1.05. The Morgan fingerprint density at radius 1 is 1.31 bits per heavy atom. The van der Waals surface area contributed by atoms with Gasteiger partial charge in [-0.3, -0.25) is 0 Å². The number of aliphatic hydroxyl groups is 1. The molecule has 0 amide bonds. The van der Waals surface area contributed by atoms with Gasteiger partial charge in [0.05, 0.1) is 5.60 Å². The van der Waals surface area contributed by atoms with Gasteiger partial charge in [0, 0.05) is 17.1 Å². The molecular formula is C10H15NOS. The van der Waals surface area contributed by atoms with Crippen LogP contribution in [0.2, 0.25) is 0 Å². The molecule has 2 N–H and O–H groups in total. The van der Waals surface area contributed by atoms with E-state index in [1.807, 2.05) is 24.3 Å². The second kappa shape index (κ2) is 4.03. The smallest absolute Gasteiger partial charge is 0.0763 e. The molecule has 0 aliphatic carbocycles. The average molecular weight is 197 g/mol. The van der Waals surface area contributed by atoms with Crippen molar-refractivity contribution in [2.75, 3.05) is 11.9 Å². The monoisotopic (exact) mass is 197 g/mol. The lowest BCUT2D eigenvalue weighted by Gasteiger charge is -2.18. The van der Waals surface area contributed by atoms with Gasteiger partial charge in [0.2, 0.25) is 0 Å². The molecule has 0 spiro atoms. The molecule has 0 aromatic heterocycles. The topological polar surface area (TPSA) is 32.3 Å². The third-order valence-electron chi connectivity index (χ3n) is 1.59. The van der Waals surface area contributed by atoms with Gasteiger partial charge >= 0.3 is 0 Å². The van der Waals surface area contributed by atoms with Crippen molar-refractivity contribution < 1.29 is 5.11 Å². The molecule has 0 aliphatic heterocycles. The molecule has 2 nitrogen and oxygen atoms in total. The summed E-state index contributed by atoms with van der Waals surface area (Å²) >= 11 is 4.18. The maximum Gasteiger partial charge on any atom is 0.0763 e. The minimum absolute atomic E-state index is 0.541. The molecule has 0 radical (unpaired) electrons. The highest BCUT2D eigenvalue weighted by Crippen LogP contribution is 2.13. The van der Waals surface area contributed by atoms with Crippen molar-refractivity contribution in [3.8, 4) is 0 Å². The van der Waals surface area contributed by atoms with E-state index in [0.717, 1.165) is 10.6 Å². The molecule has 1 aromatic rings. The third kappa shape index (κ3) is 4.20. The predicted molar refractivity (Wildman–Crippen MR) is 58.5 cm³/mol. The van der Waals surface area contributed by atoms with Crippen molar-refractivity contribution in [1.29, 1.82) is 0 Å². The number of nitrogens with one attached hydrogen (secondary N) is 1. The predicted octanol–water partition coefficient (Wildman–Crippen LogP) is 2.16. The Morgan fingerprint density at radius 3 is 2.31 bits per heavy atom. The highest BCUT2D eigenvalue weighted by atomic mass is 32.1. The zero-order valence-corrected chi connectivity index (χ0v) is 8.81. The second-order valence-electron chi connectivity index (χ2n) is 3.71. The molecule has 0 aliphatic rings. The molecule has 0 saturated heterocycles. The van der Waals surface area contributed by atoms with Gasteiger partial charge < -0.3 is 10.4 Å². The lowest BCUT2D eigenvalue weighted by atomic mass is 10.1. The van der Waals surface area contributed by atoms with Gasteiger partial charge in [-0.2, -0.15) is 0 Å². The molecule has 0 atom stereocenters.